The van der Waals surface area contributed by atoms with Crippen LogP contribution in [0.15, 0.2) is 48.5 Å². The van der Waals surface area contributed by atoms with Gasteiger partial charge in [0.2, 0.25) is 5.91 Å². The highest BCUT2D eigenvalue weighted by molar-refractivity contribution is 6.34. The number of nitrogens with zero attached hydrogens (tertiary/aromatic N) is 1. The lowest BCUT2D eigenvalue weighted by Gasteiger charge is -2.17. The van der Waals surface area contributed by atoms with Crippen molar-refractivity contribution in [1.29, 1.82) is 0 Å². The number of hydrazine groups is 1. The van der Waals surface area contributed by atoms with Gasteiger partial charge in [0.15, 0.2) is 6.61 Å². The second kappa shape index (κ2) is 9.60. The van der Waals surface area contributed by atoms with E-state index in [4.69, 9.17) is 27.9 Å². The molecule has 8 nitrogen and oxygen atoms in total. The van der Waals surface area contributed by atoms with Crippen LogP contribution in [-0.4, -0.2) is 36.8 Å². The van der Waals surface area contributed by atoms with Gasteiger partial charge in [-0.3, -0.25) is 30.0 Å². The summed E-state index contributed by atoms with van der Waals surface area (Å²) >= 11 is 11.9. The van der Waals surface area contributed by atoms with Gasteiger partial charge in [-0.1, -0.05) is 35.3 Å². The number of nitrogens with one attached hydrogen (secondary N) is 2. The predicted octanol–water partition coefficient (Wildman–Crippen LogP) is 2.35. The number of hydrogen-bond acceptors (Lipinski definition) is 5. The van der Waals surface area contributed by atoms with Crippen molar-refractivity contribution in [2.45, 2.75) is 6.42 Å². The molecule has 1 aliphatic rings. The van der Waals surface area contributed by atoms with E-state index in [9.17, 15) is 19.2 Å². The normalized spacial score (nSPS) is 15.6. The monoisotopic (exact) mass is 449 g/mol. The Morgan fingerprint density at radius 2 is 1.73 bits per heavy atom. The standard InChI is InChI=1S/C20H17Cl2N3O5/c21-14-7-5-12(6-8-14)19(28)24-23-17(26)11-30-20(29)13-9-18(27)25(10-13)16-4-2-1-3-15(16)22/h1-8,13H,9-11H2,(H,23,26)(H,24,28)/t13-/m1/s1. The molecule has 1 aliphatic heterocycles. The molecular formula is C20H17Cl2N3O5. The number of carbonyl (C=O) groups excluding carboxylic acids is 4. The van der Waals surface area contributed by atoms with Crippen LogP contribution >= 0.6 is 23.2 Å². The summed E-state index contributed by atoms with van der Waals surface area (Å²) in [6.45, 7) is -0.493. The number of anilines is 1. The molecule has 0 aliphatic carbocycles. The molecule has 0 unspecified atom stereocenters. The summed E-state index contributed by atoms with van der Waals surface area (Å²) < 4.78 is 4.97. The van der Waals surface area contributed by atoms with Crippen LogP contribution < -0.4 is 15.8 Å². The molecule has 1 heterocycles. The first kappa shape index (κ1) is 21.6. The molecule has 0 radical (unpaired) electrons. The van der Waals surface area contributed by atoms with E-state index in [2.05, 4.69) is 10.9 Å². The number of amides is 3. The topological polar surface area (TPSA) is 105 Å². The van der Waals surface area contributed by atoms with Crippen molar-refractivity contribution in [2.24, 2.45) is 5.92 Å². The lowest BCUT2D eigenvalue weighted by molar-refractivity contribution is -0.152. The molecule has 1 saturated heterocycles. The molecule has 10 heteroatoms. The first-order valence-corrected chi connectivity index (χ1v) is 9.67. The molecule has 1 fully saturated rings. The molecule has 2 aromatic carbocycles. The molecule has 3 amide bonds. The summed E-state index contributed by atoms with van der Waals surface area (Å²) in [5.74, 6) is -2.94. The van der Waals surface area contributed by atoms with Crippen LogP contribution in [0.4, 0.5) is 5.69 Å². The number of esters is 1. The molecule has 0 aromatic heterocycles. The molecule has 156 valence electrons. The van der Waals surface area contributed by atoms with Gasteiger partial charge < -0.3 is 9.64 Å². The Morgan fingerprint density at radius 3 is 2.43 bits per heavy atom. The summed E-state index contributed by atoms with van der Waals surface area (Å²) in [7, 11) is 0. The van der Waals surface area contributed by atoms with Crippen LogP contribution in [-0.2, 0) is 19.1 Å². The fourth-order valence-electron chi connectivity index (χ4n) is 2.86. The van der Waals surface area contributed by atoms with Crippen LogP contribution in [0.25, 0.3) is 0 Å². The Bertz CT molecular complexity index is 981. The third kappa shape index (κ3) is 5.28. The maximum atomic E-state index is 12.2. The van der Waals surface area contributed by atoms with Crippen molar-refractivity contribution in [3.8, 4) is 0 Å². The minimum Gasteiger partial charge on any atom is -0.455 e. The van der Waals surface area contributed by atoms with E-state index in [1.54, 1.807) is 24.3 Å². The number of rotatable bonds is 5. The number of ether oxygens (including phenoxy) is 1. The summed E-state index contributed by atoms with van der Waals surface area (Å²) in [4.78, 5) is 49.6. The third-order valence-corrected chi connectivity index (χ3v) is 4.94. The highest BCUT2D eigenvalue weighted by Gasteiger charge is 2.37. The van der Waals surface area contributed by atoms with E-state index in [1.165, 1.54) is 29.2 Å². The maximum absolute atomic E-state index is 12.2. The molecule has 1 atom stereocenters. The van der Waals surface area contributed by atoms with Gasteiger partial charge in [-0.2, -0.15) is 0 Å². The summed E-state index contributed by atoms with van der Waals surface area (Å²) in [6, 6.07) is 12.9. The highest BCUT2D eigenvalue weighted by Crippen LogP contribution is 2.31. The van der Waals surface area contributed by atoms with Gasteiger partial charge in [0.25, 0.3) is 11.8 Å². The third-order valence-electron chi connectivity index (χ3n) is 4.37. The quantitative estimate of drug-likeness (QED) is 0.538. The van der Waals surface area contributed by atoms with Crippen LogP contribution in [0.2, 0.25) is 10.0 Å². The van der Waals surface area contributed by atoms with Crippen LogP contribution in [0.1, 0.15) is 16.8 Å². The van der Waals surface area contributed by atoms with Gasteiger partial charge in [0, 0.05) is 23.6 Å². The Balaban J connectivity index is 1.45. The van der Waals surface area contributed by atoms with Crippen molar-refractivity contribution in [2.75, 3.05) is 18.1 Å². The minimum absolute atomic E-state index is 0.0427. The second-order valence-electron chi connectivity index (χ2n) is 6.47. The second-order valence-corrected chi connectivity index (χ2v) is 7.32. The van der Waals surface area contributed by atoms with Gasteiger partial charge in [-0.05, 0) is 36.4 Å². The first-order valence-electron chi connectivity index (χ1n) is 8.91. The molecular weight excluding hydrogens is 433 g/mol. The highest BCUT2D eigenvalue weighted by atomic mass is 35.5. The Kier molecular flexibility index (Phi) is 6.91. The average Bonchev–Trinajstić information content (AvgIpc) is 3.12. The predicted molar refractivity (Wildman–Crippen MR) is 110 cm³/mol. The molecule has 30 heavy (non-hydrogen) atoms. The Hall–Kier alpha value is -3.10. The molecule has 2 N–H and O–H groups in total. The Morgan fingerprint density at radius 1 is 1.03 bits per heavy atom. The van der Waals surface area contributed by atoms with Crippen molar-refractivity contribution < 1.29 is 23.9 Å². The van der Waals surface area contributed by atoms with Crippen LogP contribution in [0.3, 0.4) is 0 Å². The number of carbonyl (C=O) groups is 4. The number of hydrogen-bond donors (Lipinski definition) is 2. The van der Waals surface area contributed by atoms with E-state index in [-0.39, 0.29) is 18.9 Å². The fourth-order valence-corrected chi connectivity index (χ4v) is 3.22. The SMILES string of the molecule is O=C(COC(=O)[C@@H]1CC(=O)N(c2ccccc2Cl)C1)NNC(=O)c1ccc(Cl)cc1. The van der Waals surface area contributed by atoms with Crippen molar-refractivity contribution in [3.63, 3.8) is 0 Å². The van der Waals surface area contributed by atoms with Gasteiger partial charge in [0.1, 0.15) is 0 Å². The van der Waals surface area contributed by atoms with Crippen LogP contribution in [0, 0.1) is 5.92 Å². The lowest BCUT2D eigenvalue weighted by Crippen LogP contribution is -2.43. The number of halogens is 2. The zero-order valence-corrected chi connectivity index (χ0v) is 17.1. The van der Waals surface area contributed by atoms with E-state index in [1.807, 2.05) is 0 Å². The van der Waals surface area contributed by atoms with Crippen LogP contribution in [0.5, 0.6) is 0 Å². The maximum Gasteiger partial charge on any atom is 0.311 e. The van der Waals surface area contributed by atoms with E-state index in [0.717, 1.165) is 0 Å². The van der Waals surface area contributed by atoms with Gasteiger partial charge in [0.05, 0.1) is 16.6 Å². The number of benzene rings is 2. The zero-order valence-electron chi connectivity index (χ0n) is 15.6. The molecule has 0 spiro atoms. The smallest absolute Gasteiger partial charge is 0.311 e. The molecule has 2 aromatic rings. The van der Waals surface area contributed by atoms with E-state index < -0.39 is 30.3 Å². The van der Waals surface area contributed by atoms with Gasteiger partial charge in [-0.25, -0.2) is 0 Å². The molecule has 3 rings (SSSR count). The van der Waals surface area contributed by atoms with Gasteiger partial charge in [-0.15, -0.1) is 0 Å². The zero-order chi connectivity index (χ0) is 21.7. The lowest BCUT2D eigenvalue weighted by atomic mass is 10.1. The van der Waals surface area contributed by atoms with Gasteiger partial charge >= 0.3 is 5.97 Å². The molecule has 0 bridgehead atoms. The average molecular weight is 450 g/mol. The van der Waals surface area contributed by atoms with Crippen molar-refractivity contribution >= 4 is 52.6 Å². The minimum atomic E-state index is -0.724. The van der Waals surface area contributed by atoms with E-state index >= 15 is 0 Å². The summed E-state index contributed by atoms with van der Waals surface area (Å²) in [5.41, 5.74) is 5.16. The van der Waals surface area contributed by atoms with E-state index in [0.29, 0.717) is 21.3 Å². The van der Waals surface area contributed by atoms with Crippen molar-refractivity contribution in [3.05, 3.63) is 64.1 Å². The Labute approximate surface area is 182 Å². The first-order chi connectivity index (χ1) is 14.3. The fraction of sp³-hybridized carbons (Fsp3) is 0.200. The largest absolute Gasteiger partial charge is 0.455 e. The molecule has 0 saturated carbocycles. The van der Waals surface area contributed by atoms with Crippen molar-refractivity contribution in [1.82, 2.24) is 10.9 Å². The number of para-hydroxylation sites is 1. The summed E-state index contributed by atoms with van der Waals surface area (Å²) in [6.07, 6.45) is -0.0427. The summed E-state index contributed by atoms with van der Waals surface area (Å²) in [5, 5.41) is 0.872.